The van der Waals surface area contributed by atoms with Crippen LogP contribution in [0.2, 0.25) is 0 Å². The number of benzene rings is 7. The van der Waals surface area contributed by atoms with Gasteiger partial charge in [-0.05, 0) is 109 Å². The highest BCUT2D eigenvalue weighted by molar-refractivity contribution is 6.13. The maximum absolute atomic E-state index is 8.81. The molecule has 0 N–H and O–H groups in total. The first-order valence-corrected chi connectivity index (χ1v) is 12.9. The molecular formula is C38H23N. The van der Waals surface area contributed by atoms with E-state index in [1.54, 1.807) is 4.57 Å². The second kappa shape index (κ2) is 7.69. The minimum Gasteiger partial charge on any atom is -0.309 e. The third-order valence-corrected chi connectivity index (χ3v) is 7.92. The minimum atomic E-state index is -0.450. The van der Waals surface area contributed by atoms with E-state index in [1.807, 2.05) is 36.4 Å². The first-order chi connectivity index (χ1) is 22.6. The van der Waals surface area contributed by atoms with Gasteiger partial charge in [0.1, 0.15) is 0 Å². The largest absolute Gasteiger partial charge is 0.309 e. The number of rotatable bonds is 2. The summed E-state index contributed by atoms with van der Waals surface area (Å²) < 4.78 is 69.9. The number of hydrogen-bond donors (Lipinski definition) is 0. The highest BCUT2D eigenvalue weighted by atomic mass is 15.0. The van der Waals surface area contributed by atoms with Crippen molar-refractivity contribution < 1.29 is 11.0 Å². The molecule has 0 bridgehead atoms. The molecular weight excluding hydrogens is 470 g/mol. The van der Waals surface area contributed by atoms with Crippen LogP contribution in [0.5, 0.6) is 0 Å². The Kier molecular flexibility index (Phi) is 2.90. The van der Waals surface area contributed by atoms with Crippen molar-refractivity contribution in [1.29, 1.82) is 0 Å². The van der Waals surface area contributed by atoms with Gasteiger partial charge in [0.05, 0.1) is 22.0 Å². The Morgan fingerprint density at radius 3 is 1.62 bits per heavy atom. The van der Waals surface area contributed by atoms with Crippen LogP contribution in [0.3, 0.4) is 0 Å². The fourth-order valence-corrected chi connectivity index (χ4v) is 6.04. The van der Waals surface area contributed by atoms with Gasteiger partial charge < -0.3 is 4.57 Å². The molecule has 1 aliphatic rings. The zero-order chi connectivity index (χ0) is 32.5. The van der Waals surface area contributed by atoms with Crippen LogP contribution in [0, 0.1) is 0 Å². The van der Waals surface area contributed by atoms with Crippen molar-refractivity contribution in [2.75, 3.05) is 0 Å². The summed E-state index contributed by atoms with van der Waals surface area (Å²) in [6.07, 6.45) is 0. The molecule has 0 radical (unpaired) electrons. The predicted octanol–water partition coefficient (Wildman–Crippen LogP) is 10.4. The van der Waals surface area contributed by atoms with Crippen LogP contribution in [-0.4, -0.2) is 4.57 Å². The summed E-state index contributed by atoms with van der Waals surface area (Å²) >= 11 is 0. The van der Waals surface area contributed by atoms with Crippen molar-refractivity contribution in [3.63, 3.8) is 0 Å². The van der Waals surface area contributed by atoms with Crippen molar-refractivity contribution in [3.8, 4) is 39.1 Å². The van der Waals surface area contributed by atoms with Crippen LogP contribution >= 0.6 is 0 Å². The zero-order valence-electron chi connectivity index (χ0n) is 28.6. The molecule has 180 valence electrons. The average molecular weight is 502 g/mol. The van der Waals surface area contributed by atoms with Crippen molar-refractivity contribution in [2.24, 2.45) is 0 Å². The summed E-state index contributed by atoms with van der Waals surface area (Å²) in [6, 6.07) is 28.3. The zero-order valence-corrected chi connectivity index (χ0v) is 20.6. The van der Waals surface area contributed by atoms with E-state index in [9.17, 15) is 0 Å². The van der Waals surface area contributed by atoms with Gasteiger partial charge in [0, 0.05) is 16.5 Å². The monoisotopic (exact) mass is 501 g/mol. The third kappa shape index (κ3) is 2.96. The van der Waals surface area contributed by atoms with Crippen LogP contribution in [0.25, 0.3) is 82.4 Å². The van der Waals surface area contributed by atoms with E-state index in [-0.39, 0.29) is 46.0 Å². The van der Waals surface area contributed by atoms with E-state index in [2.05, 4.69) is 54.6 Å². The van der Waals surface area contributed by atoms with Crippen molar-refractivity contribution in [1.82, 2.24) is 4.57 Å². The molecule has 1 heteroatoms. The van der Waals surface area contributed by atoms with Gasteiger partial charge in [0.2, 0.25) is 0 Å². The van der Waals surface area contributed by atoms with Crippen molar-refractivity contribution >= 4 is 43.4 Å². The van der Waals surface area contributed by atoms with Gasteiger partial charge in [-0.2, -0.15) is 0 Å². The van der Waals surface area contributed by atoms with Crippen LogP contribution < -0.4 is 0 Å². The van der Waals surface area contributed by atoms with E-state index in [4.69, 9.17) is 11.0 Å². The lowest BCUT2D eigenvalue weighted by molar-refractivity contribution is 1.19. The number of aromatic nitrogens is 1. The van der Waals surface area contributed by atoms with E-state index in [0.717, 1.165) is 32.8 Å². The minimum absolute atomic E-state index is 0.0754. The van der Waals surface area contributed by atoms with Gasteiger partial charge in [0.25, 0.3) is 0 Å². The number of fused-ring (bicyclic) bond motifs is 9. The summed E-state index contributed by atoms with van der Waals surface area (Å²) in [6.45, 7) is 0. The molecule has 1 heterocycles. The molecule has 0 saturated heterocycles. The molecule has 7 aromatic carbocycles. The quantitative estimate of drug-likeness (QED) is 0.222. The molecule has 0 spiro atoms. The van der Waals surface area contributed by atoms with E-state index in [0.29, 0.717) is 5.69 Å². The fraction of sp³-hybridized carbons (Fsp3) is 0. The first kappa shape index (κ1) is 14.7. The standard InChI is InChI=1S/C38H23N/c1-2-8-24(9-3-1)25-14-15-26-20-33-35(22-28(26)18-25)34-21-27-16-17-30(19-29(27)23-36(33)34)39-37-12-6-4-10-31(37)32-11-5-7-13-38(32)39/h1-23H/i4D,5D,6D,7D,10D,11D,12D,13D. The smallest absolute Gasteiger partial charge is 0.0645 e. The van der Waals surface area contributed by atoms with Gasteiger partial charge in [-0.1, -0.05) is 84.8 Å². The Labute approximate surface area is 237 Å². The molecule has 1 nitrogen and oxygen atoms in total. The van der Waals surface area contributed by atoms with E-state index < -0.39 is 24.2 Å². The average Bonchev–Trinajstić information content (AvgIpc) is 3.46. The molecule has 8 aromatic rings. The highest BCUT2D eigenvalue weighted by Gasteiger charge is 2.24. The summed E-state index contributed by atoms with van der Waals surface area (Å²) in [5.41, 5.74) is 7.75. The fourth-order valence-electron chi connectivity index (χ4n) is 6.04. The van der Waals surface area contributed by atoms with E-state index >= 15 is 0 Å². The summed E-state index contributed by atoms with van der Waals surface area (Å²) in [5.74, 6) is 0. The van der Waals surface area contributed by atoms with Crippen molar-refractivity contribution in [3.05, 3.63) is 139 Å². The molecule has 0 saturated carbocycles. The Hall–Kier alpha value is -5.14. The predicted molar refractivity (Wildman–Crippen MR) is 166 cm³/mol. The van der Waals surface area contributed by atoms with Gasteiger partial charge in [0.15, 0.2) is 0 Å². The Morgan fingerprint density at radius 1 is 0.436 bits per heavy atom. The highest BCUT2D eigenvalue weighted by Crippen LogP contribution is 2.50. The van der Waals surface area contributed by atoms with Crippen molar-refractivity contribution in [2.45, 2.75) is 0 Å². The lowest BCUT2D eigenvalue weighted by Crippen LogP contribution is -2.00. The summed E-state index contributed by atoms with van der Waals surface area (Å²) in [5, 5.41) is 4.37. The molecule has 39 heavy (non-hydrogen) atoms. The Morgan fingerprint density at radius 2 is 0.974 bits per heavy atom. The van der Waals surface area contributed by atoms with E-state index in [1.165, 1.54) is 22.1 Å². The second-order valence-electron chi connectivity index (χ2n) is 10.0. The normalized spacial score (nSPS) is 15.0. The summed E-state index contributed by atoms with van der Waals surface area (Å²) in [4.78, 5) is 0. The molecule has 0 aliphatic heterocycles. The molecule has 0 atom stereocenters. The van der Waals surface area contributed by atoms with Gasteiger partial charge in [-0.3, -0.25) is 0 Å². The van der Waals surface area contributed by atoms with Crippen LogP contribution in [0.15, 0.2) is 139 Å². The van der Waals surface area contributed by atoms with Crippen LogP contribution in [0.1, 0.15) is 11.0 Å². The molecule has 1 aliphatic carbocycles. The summed E-state index contributed by atoms with van der Waals surface area (Å²) in [7, 11) is 0. The van der Waals surface area contributed by atoms with Gasteiger partial charge in [-0.25, -0.2) is 0 Å². The second-order valence-corrected chi connectivity index (χ2v) is 10.0. The maximum atomic E-state index is 8.81. The third-order valence-electron chi connectivity index (χ3n) is 7.92. The van der Waals surface area contributed by atoms with Crippen LogP contribution in [0.4, 0.5) is 0 Å². The Bertz CT molecular complexity index is 2630. The lowest BCUT2D eigenvalue weighted by atomic mass is 9.77. The van der Waals surface area contributed by atoms with Crippen LogP contribution in [-0.2, 0) is 0 Å². The molecule has 0 unspecified atom stereocenters. The molecule has 0 fully saturated rings. The van der Waals surface area contributed by atoms with Gasteiger partial charge >= 0.3 is 0 Å². The van der Waals surface area contributed by atoms with Gasteiger partial charge in [-0.15, -0.1) is 0 Å². The SMILES string of the molecule is [2H]c1c([2H])c([2H])c2c(c1[2H])c1c([2H])c([2H])c([2H])c([2H])c1n2-c1ccc2cc3c(cc2c1)-c1cc2ccc(-c4ccccc4)cc2cc1-3. The molecule has 1 aromatic heterocycles. The first-order valence-electron chi connectivity index (χ1n) is 16.9. The molecule has 0 amide bonds. The number of para-hydroxylation sites is 2. The topological polar surface area (TPSA) is 4.93 Å². The maximum Gasteiger partial charge on any atom is 0.0645 e. The Balaban J connectivity index is 1.25. The molecule has 9 rings (SSSR count). The number of nitrogens with zero attached hydrogens (tertiary/aromatic N) is 1. The number of hydrogen-bond acceptors (Lipinski definition) is 0. The lowest BCUT2D eigenvalue weighted by Gasteiger charge is -2.26.